The number of aryl methyl sites for hydroxylation is 1. The molecule has 0 amide bonds. The lowest BCUT2D eigenvalue weighted by Gasteiger charge is -2.25. The molecule has 0 radical (unpaired) electrons. The summed E-state index contributed by atoms with van der Waals surface area (Å²) in [5.74, 6) is -0.170. The molecule has 104 valence electrons. The van der Waals surface area contributed by atoms with Gasteiger partial charge < -0.3 is 4.74 Å². The molecule has 0 aromatic heterocycles. The van der Waals surface area contributed by atoms with Crippen LogP contribution < -0.4 is 0 Å². The average molecular weight is 260 g/mol. The van der Waals surface area contributed by atoms with Gasteiger partial charge in [0, 0.05) is 6.92 Å². The van der Waals surface area contributed by atoms with Gasteiger partial charge in [-0.05, 0) is 42.2 Å². The van der Waals surface area contributed by atoms with E-state index < -0.39 is 0 Å². The van der Waals surface area contributed by atoms with Gasteiger partial charge in [0.15, 0.2) is 0 Å². The number of hydrogen-bond acceptors (Lipinski definition) is 2. The number of benzene rings is 1. The first-order valence-corrected chi connectivity index (χ1v) is 7.33. The third-order valence-electron chi connectivity index (χ3n) is 4.29. The van der Waals surface area contributed by atoms with Crippen molar-refractivity contribution in [3.05, 3.63) is 35.4 Å². The highest BCUT2D eigenvalue weighted by molar-refractivity contribution is 5.65. The van der Waals surface area contributed by atoms with Gasteiger partial charge >= 0.3 is 5.97 Å². The number of carbonyl (C=O) groups is 1. The molecule has 19 heavy (non-hydrogen) atoms. The molecule has 0 fully saturated rings. The maximum absolute atomic E-state index is 10.7. The molecule has 1 aliphatic rings. The molecule has 0 spiro atoms. The number of ether oxygens (including phenoxy) is 1. The van der Waals surface area contributed by atoms with Crippen LogP contribution in [0.1, 0.15) is 57.1 Å². The van der Waals surface area contributed by atoms with E-state index in [1.165, 1.54) is 38.2 Å². The Morgan fingerprint density at radius 1 is 1.26 bits per heavy atom. The van der Waals surface area contributed by atoms with Gasteiger partial charge in [0.25, 0.3) is 0 Å². The van der Waals surface area contributed by atoms with Crippen LogP contribution in [0.2, 0.25) is 0 Å². The second-order valence-electron chi connectivity index (χ2n) is 5.87. The minimum absolute atomic E-state index is 0.170. The van der Waals surface area contributed by atoms with Crippen molar-refractivity contribution in [3.63, 3.8) is 0 Å². The smallest absolute Gasteiger partial charge is 0.302 e. The predicted octanol–water partition coefficient (Wildman–Crippen LogP) is 4.01. The van der Waals surface area contributed by atoms with Crippen LogP contribution >= 0.6 is 0 Å². The van der Waals surface area contributed by atoms with Crippen LogP contribution in [0.15, 0.2) is 24.3 Å². The number of unbranched alkanes of at least 4 members (excludes halogenated alkanes) is 2. The Bertz CT molecular complexity index is 439. The zero-order chi connectivity index (χ0) is 13.7. The zero-order valence-corrected chi connectivity index (χ0v) is 12.1. The van der Waals surface area contributed by atoms with Crippen LogP contribution in [0.5, 0.6) is 0 Å². The van der Waals surface area contributed by atoms with Crippen LogP contribution in [0.25, 0.3) is 0 Å². The molecule has 0 saturated heterocycles. The summed E-state index contributed by atoms with van der Waals surface area (Å²) >= 11 is 0. The van der Waals surface area contributed by atoms with E-state index in [2.05, 4.69) is 31.2 Å². The Labute approximate surface area is 116 Å². The van der Waals surface area contributed by atoms with Crippen molar-refractivity contribution in [1.29, 1.82) is 0 Å². The summed E-state index contributed by atoms with van der Waals surface area (Å²) in [6.45, 7) is 4.43. The van der Waals surface area contributed by atoms with Crippen molar-refractivity contribution in [1.82, 2.24) is 0 Å². The topological polar surface area (TPSA) is 26.3 Å². The van der Waals surface area contributed by atoms with Crippen molar-refractivity contribution >= 4 is 5.97 Å². The fourth-order valence-corrected chi connectivity index (χ4v) is 3.14. The van der Waals surface area contributed by atoms with Crippen molar-refractivity contribution < 1.29 is 9.53 Å². The van der Waals surface area contributed by atoms with E-state index in [1.54, 1.807) is 5.56 Å². The fourth-order valence-electron chi connectivity index (χ4n) is 3.14. The average Bonchev–Trinajstić information content (AvgIpc) is 2.72. The minimum Gasteiger partial charge on any atom is -0.466 e. The summed E-state index contributed by atoms with van der Waals surface area (Å²) in [5, 5.41) is 0. The number of carbonyl (C=O) groups excluding carboxylic acids is 1. The zero-order valence-electron chi connectivity index (χ0n) is 12.1. The molecule has 2 nitrogen and oxygen atoms in total. The molecule has 1 aromatic carbocycles. The highest BCUT2D eigenvalue weighted by Gasteiger charge is 2.32. The van der Waals surface area contributed by atoms with Gasteiger partial charge in [-0.3, -0.25) is 4.79 Å². The molecule has 2 rings (SSSR count). The molecule has 1 aliphatic carbocycles. The maximum Gasteiger partial charge on any atom is 0.302 e. The predicted molar refractivity (Wildman–Crippen MR) is 77.2 cm³/mol. The molecule has 0 N–H and O–H groups in total. The number of fused-ring (bicyclic) bond motifs is 1. The van der Waals surface area contributed by atoms with Crippen LogP contribution in [0.4, 0.5) is 0 Å². The van der Waals surface area contributed by atoms with E-state index in [4.69, 9.17) is 4.74 Å². The third-order valence-corrected chi connectivity index (χ3v) is 4.29. The summed E-state index contributed by atoms with van der Waals surface area (Å²) in [6.07, 6.45) is 7.08. The van der Waals surface area contributed by atoms with Crippen molar-refractivity contribution in [2.75, 3.05) is 6.61 Å². The Kier molecular flexibility index (Phi) is 4.62. The van der Waals surface area contributed by atoms with Crippen molar-refractivity contribution in [3.8, 4) is 0 Å². The van der Waals surface area contributed by atoms with E-state index in [-0.39, 0.29) is 5.97 Å². The molecule has 0 unspecified atom stereocenters. The summed E-state index contributed by atoms with van der Waals surface area (Å²) in [6, 6.07) is 8.86. The quantitative estimate of drug-likeness (QED) is 0.570. The molecule has 0 heterocycles. The highest BCUT2D eigenvalue weighted by Crippen LogP contribution is 2.42. The lowest BCUT2D eigenvalue weighted by atomic mass is 9.79. The summed E-state index contributed by atoms with van der Waals surface area (Å²) in [7, 11) is 0. The first-order valence-electron chi connectivity index (χ1n) is 7.33. The summed E-state index contributed by atoms with van der Waals surface area (Å²) in [4.78, 5) is 10.7. The first kappa shape index (κ1) is 14.1. The molecule has 0 saturated carbocycles. The highest BCUT2D eigenvalue weighted by atomic mass is 16.5. The summed E-state index contributed by atoms with van der Waals surface area (Å²) < 4.78 is 4.96. The monoisotopic (exact) mass is 260 g/mol. The largest absolute Gasteiger partial charge is 0.466 e. The Morgan fingerprint density at radius 3 is 2.84 bits per heavy atom. The van der Waals surface area contributed by atoms with Gasteiger partial charge in [0.05, 0.1) is 6.61 Å². The number of esters is 1. The normalized spacial score (nSPS) is 21.2. The Balaban J connectivity index is 1.76. The van der Waals surface area contributed by atoms with Crippen LogP contribution in [-0.2, 0) is 21.4 Å². The number of rotatable bonds is 6. The maximum atomic E-state index is 10.7. The standard InChI is InChI=1S/C17H24O2/c1-14(18)19-13-7-3-6-11-17(2)12-10-15-8-4-5-9-16(15)17/h4-5,8-9H,3,6-7,10-13H2,1-2H3/t17-/m0/s1. The van der Waals surface area contributed by atoms with E-state index >= 15 is 0 Å². The second-order valence-corrected chi connectivity index (χ2v) is 5.87. The minimum atomic E-state index is -0.170. The van der Waals surface area contributed by atoms with Crippen molar-refractivity contribution in [2.24, 2.45) is 0 Å². The SMILES string of the molecule is CC(=O)OCCCCC[C@@]1(C)CCc2ccccc21. The van der Waals surface area contributed by atoms with Crippen molar-refractivity contribution in [2.45, 2.75) is 57.8 Å². The number of hydrogen-bond donors (Lipinski definition) is 0. The molecule has 1 aromatic rings. The molecular weight excluding hydrogens is 236 g/mol. The van der Waals surface area contributed by atoms with E-state index in [9.17, 15) is 4.79 Å². The van der Waals surface area contributed by atoms with Crippen LogP contribution in [0.3, 0.4) is 0 Å². The van der Waals surface area contributed by atoms with Gasteiger partial charge in [-0.25, -0.2) is 0 Å². The molecule has 0 bridgehead atoms. The van der Waals surface area contributed by atoms with E-state index in [0.29, 0.717) is 12.0 Å². The lowest BCUT2D eigenvalue weighted by molar-refractivity contribution is -0.141. The fraction of sp³-hybridized carbons (Fsp3) is 0.588. The molecule has 1 atom stereocenters. The summed E-state index contributed by atoms with van der Waals surface area (Å²) in [5.41, 5.74) is 3.44. The Morgan fingerprint density at radius 2 is 2.05 bits per heavy atom. The third kappa shape index (κ3) is 3.59. The van der Waals surface area contributed by atoms with E-state index in [0.717, 1.165) is 12.8 Å². The van der Waals surface area contributed by atoms with Gasteiger partial charge in [-0.2, -0.15) is 0 Å². The van der Waals surface area contributed by atoms with Gasteiger partial charge in [0.2, 0.25) is 0 Å². The molecular formula is C17H24O2. The molecule has 0 aliphatic heterocycles. The van der Waals surface area contributed by atoms with Gasteiger partial charge in [0.1, 0.15) is 0 Å². The van der Waals surface area contributed by atoms with E-state index in [1.807, 2.05) is 0 Å². The Hall–Kier alpha value is -1.31. The lowest BCUT2D eigenvalue weighted by Crippen LogP contribution is -2.18. The molecule has 2 heteroatoms. The van der Waals surface area contributed by atoms with Gasteiger partial charge in [-0.1, -0.05) is 44.0 Å². The van der Waals surface area contributed by atoms with Crippen LogP contribution in [0, 0.1) is 0 Å². The van der Waals surface area contributed by atoms with Crippen LogP contribution in [-0.4, -0.2) is 12.6 Å². The van der Waals surface area contributed by atoms with Gasteiger partial charge in [-0.15, -0.1) is 0 Å². The second kappa shape index (κ2) is 6.23. The first-order chi connectivity index (χ1) is 9.12.